The Kier molecular flexibility index (Phi) is 7.03. The van der Waals surface area contributed by atoms with Gasteiger partial charge in [-0.2, -0.15) is 0 Å². The normalized spacial score (nSPS) is 11.4. The molecule has 0 saturated carbocycles. The summed E-state index contributed by atoms with van der Waals surface area (Å²) in [6.07, 6.45) is 0. The van der Waals surface area contributed by atoms with Crippen LogP contribution >= 0.6 is 0 Å². The topological polar surface area (TPSA) is 94.1 Å². The smallest absolute Gasteiger partial charge is 0.330 e. The second kappa shape index (κ2) is 8.80. The standard InChI is InChI=1S/C14H19NO6/c1-3-20-11-6-4-5-7-12(11)21-9-13(17)15-10(8-16)14(18)19-2/h4-7,10,16H,3,8-9H2,1-2H3,(H,15,17). The lowest BCUT2D eigenvalue weighted by molar-refractivity contribution is -0.146. The summed E-state index contributed by atoms with van der Waals surface area (Å²) in [6.45, 7) is 1.46. The van der Waals surface area contributed by atoms with Gasteiger partial charge in [0.25, 0.3) is 5.91 Å². The average Bonchev–Trinajstić information content (AvgIpc) is 2.51. The van der Waals surface area contributed by atoms with E-state index in [1.807, 2.05) is 6.92 Å². The van der Waals surface area contributed by atoms with Crippen LogP contribution in [0.5, 0.6) is 11.5 Å². The van der Waals surface area contributed by atoms with Crippen LogP contribution < -0.4 is 14.8 Å². The van der Waals surface area contributed by atoms with Crippen LogP contribution in [0.4, 0.5) is 0 Å². The number of benzene rings is 1. The number of carbonyl (C=O) groups excluding carboxylic acids is 2. The molecule has 0 bridgehead atoms. The van der Waals surface area contributed by atoms with Crippen LogP contribution in [0, 0.1) is 0 Å². The number of nitrogens with one attached hydrogen (secondary N) is 1. The summed E-state index contributed by atoms with van der Waals surface area (Å²) in [5, 5.41) is 11.3. The Bertz CT molecular complexity index is 476. The van der Waals surface area contributed by atoms with E-state index in [-0.39, 0.29) is 6.61 Å². The number of aliphatic hydroxyl groups is 1. The second-order valence-electron chi connectivity index (χ2n) is 3.99. The highest BCUT2D eigenvalue weighted by Gasteiger charge is 2.20. The summed E-state index contributed by atoms with van der Waals surface area (Å²) >= 11 is 0. The van der Waals surface area contributed by atoms with Gasteiger partial charge in [0.2, 0.25) is 0 Å². The fourth-order valence-corrected chi connectivity index (χ4v) is 1.54. The largest absolute Gasteiger partial charge is 0.490 e. The van der Waals surface area contributed by atoms with Crippen molar-refractivity contribution in [1.29, 1.82) is 0 Å². The number of hydrogen-bond donors (Lipinski definition) is 2. The lowest BCUT2D eigenvalue weighted by Gasteiger charge is -2.15. The van der Waals surface area contributed by atoms with Crippen molar-refractivity contribution >= 4 is 11.9 Å². The number of aliphatic hydroxyl groups excluding tert-OH is 1. The van der Waals surface area contributed by atoms with Crippen molar-refractivity contribution in [3.8, 4) is 11.5 Å². The molecule has 0 aliphatic heterocycles. The van der Waals surface area contributed by atoms with Gasteiger partial charge in [0, 0.05) is 0 Å². The highest BCUT2D eigenvalue weighted by Crippen LogP contribution is 2.26. The lowest BCUT2D eigenvalue weighted by atomic mass is 10.3. The molecule has 116 valence electrons. The molecule has 1 aromatic carbocycles. The number of hydrogen-bond acceptors (Lipinski definition) is 6. The summed E-state index contributed by atoms with van der Waals surface area (Å²) in [7, 11) is 1.17. The van der Waals surface area contributed by atoms with Gasteiger partial charge in [0.15, 0.2) is 24.1 Å². The molecule has 1 aromatic rings. The van der Waals surface area contributed by atoms with Crippen molar-refractivity contribution in [3.05, 3.63) is 24.3 Å². The maximum absolute atomic E-state index is 11.7. The molecule has 0 aliphatic rings. The number of carbonyl (C=O) groups is 2. The van der Waals surface area contributed by atoms with Gasteiger partial charge in [-0.15, -0.1) is 0 Å². The minimum Gasteiger partial charge on any atom is -0.490 e. The summed E-state index contributed by atoms with van der Waals surface area (Å²) in [4.78, 5) is 22.9. The predicted molar refractivity (Wildman–Crippen MR) is 74.1 cm³/mol. The molecule has 1 unspecified atom stereocenters. The molecule has 2 N–H and O–H groups in total. The van der Waals surface area contributed by atoms with E-state index in [0.29, 0.717) is 18.1 Å². The zero-order valence-corrected chi connectivity index (χ0v) is 12.0. The molecule has 0 saturated heterocycles. The summed E-state index contributed by atoms with van der Waals surface area (Å²) in [5.41, 5.74) is 0. The first kappa shape index (κ1) is 16.8. The van der Waals surface area contributed by atoms with Crippen molar-refractivity contribution in [3.63, 3.8) is 0 Å². The third-order valence-electron chi connectivity index (χ3n) is 2.51. The highest BCUT2D eigenvalue weighted by molar-refractivity contribution is 5.85. The van der Waals surface area contributed by atoms with Crippen LogP contribution in [0.1, 0.15) is 6.92 Å². The van der Waals surface area contributed by atoms with E-state index < -0.39 is 24.5 Å². The first-order chi connectivity index (χ1) is 10.1. The molecule has 0 heterocycles. The zero-order valence-electron chi connectivity index (χ0n) is 12.0. The van der Waals surface area contributed by atoms with Gasteiger partial charge in [-0.3, -0.25) is 4.79 Å². The number of para-hydroxylation sites is 2. The third-order valence-corrected chi connectivity index (χ3v) is 2.51. The Morgan fingerprint density at radius 3 is 2.38 bits per heavy atom. The van der Waals surface area contributed by atoms with Crippen molar-refractivity contribution in [2.45, 2.75) is 13.0 Å². The minimum absolute atomic E-state index is 0.308. The summed E-state index contributed by atoms with van der Waals surface area (Å²) < 4.78 is 15.1. The van der Waals surface area contributed by atoms with Gasteiger partial charge in [-0.05, 0) is 19.1 Å². The zero-order chi connectivity index (χ0) is 15.7. The molecule has 7 nitrogen and oxygen atoms in total. The van der Waals surface area contributed by atoms with E-state index >= 15 is 0 Å². The van der Waals surface area contributed by atoms with E-state index in [1.165, 1.54) is 7.11 Å². The Morgan fingerprint density at radius 1 is 1.24 bits per heavy atom. The maximum Gasteiger partial charge on any atom is 0.330 e. The van der Waals surface area contributed by atoms with E-state index in [4.69, 9.17) is 14.6 Å². The van der Waals surface area contributed by atoms with Crippen molar-refractivity contribution in [1.82, 2.24) is 5.32 Å². The Balaban J connectivity index is 2.55. The molecule has 0 spiro atoms. The van der Waals surface area contributed by atoms with Gasteiger partial charge in [0.1, 0.15) is 0 Å². The molecule has 0 radical (unpaired) electrons. The molecule has 1 amide bonds. The van der Waals surface area contributed by atoms with Gasteiger partial charge in [0.05, 0.1) is 20.3 Å². The first-order valence-electron chi connectivity index (χ1n) is 6.45. The molecular formula is C14H19NO6. The minimum atomic E-state index is -1.10. The molecule has 7 heteroatoms. The van der Waals surface area contributed by atoms with Crippen LogP contribution in [0.2, 0.25) is 0 Å². The quantitative estimate of drug-likeness (QED) is 0.662. The molecular weight excluding hydrogens is 278 g/mol. The van der Waals surface area contributed by atoms with E-state index in [9.17, 15) is 9.59 Å². The molecule has 1 rings (SSSR count). The van der Waals surface area contributed by atoms with Crippen molar-refractivity contribution in [2.24, 2.45) is 0 Å². The van der Waals surface area contributed by atoms with E-state index in [0.717, 1.165) is 0 Å². The monoisotopic (exact) mass is 297 g/mol. The SMILES string of the molecule is CCOc1ccccc1OCC(=O)NC(CO)C(=O)OC. The van der Waals surface area contributed by atoms with Crippen LogP contribution in [0.15, 0.2) is 24.3 Å². The molecule has 1 atom stereocenters. The lowest BCUT2D eigenvalue weighted by Crippen LogP contribution is -2.45. The van der Waals surface area contributed by atoms with Crippen LogP contribution in [-0.4, -0.2) is 50.0 Å². The third kappa shape index (κ3) is 5.31. The predicted octanol–water partition coefficient (Wildman–Crippen LogP) is 0.114. The summed E-state index contributed by atoms with van der Waals surface area (Å²) in [5.74, 6) is -0.320. The summed E-state index contributed by atoms with van der Waals surface area (Å²) in [6, 6.07) is 5.83. The maximum atomic E-state index is 11.7. The van der Waals surface area contributed by atoms with Crippen molar-refractivity contribution < 1.29 is 28.9 Å². The fourth-order valence-electron chi connectivity index (χ4n) is 1.54. The number of ether oxygens (including phenoxy) is 3. The van der Waals surface area contributed by atoms with Crippen LogP contribution in [0.3, 0.4) is 0 Å². The Hall–Kier alpha value is -2.28. The number of rotatable bonds is 8. The van der Waals surface area contributed by atoms with Gasteiger partial charge in [-0.25, -0.2) is 4.79 Å². The molecule has 0 aliphatic carbocycles. The number of amides is 1. The van der Waals surface area contributed by atoms with Gasteiger partial charge < -0.3 is 24.6 Å². The van der Waals surface area contributed by atoms with E-state index in [1.54, 1.807) is 24.3 Å². The Morgan fingerprint density at radius 2 is 1.86 bits per heavy atom. The van der Waals surface area contributed by atoms with Gasteiger partial charge in [-0.1, -0.05) is 12.1 Å². The molecule has 0 fully saturated rings. The van der Waals surface area contributed by atoms with E-state index in [2.05, 4.69) is 10.1 Å². The second-order valence-corrected chi connectivity index (χ2v) is 3.99. The fraction of sp³-hybridized carbons (Fsp3) is 0.429. The molecule has 0 aromatic heterocycles. The first-order valence-corrected chi connectivity index (χ1v) is 6.45. The average molecular weight is 297 g/mol. The van der Waals surface area contributed by atoms with Gasteiger partial charge >= 0.3 is 5.97 Å². The van der Waals surface area contributed by atoms with Crippen molar-refractivity contribution in [2.75, 3.05) is 26.9 Å². The Labute approximate surface area is 122 Å². The van der Waals surface area contributed by atoms with Crippen LogP contribution in [-0.2, 0) is 14.3 Å². The molecule has 21 heavy (non-hydrogen) atoms. The highest BCUT2D eigenvalue weighted by atomic mass is 16.5. The van der Waals surface area contributed by atoms with Crippen LogP contribution in [0.25, 0.3) is 0 Å². The number of esters is 1. The number of methoxy groups -OCH3 is 1.